The van der Waals surface area contributed by atoms with E-state index >= 15 is 0 Å². The third-order valence-corrected chi connectivity index (χ3v) is 3.11. The number of rotatable bonds is 4. The highest BCUT2D eigenvalue weighted by molar-refractivity contribution is 5.60. The van der Waals surface area contributed by atoms with Gasteiger partial charge in [0.2, 0.25) is 5.95 Å². The first-order valence-electron chi connectivity index (χ1n) is 7.00. The third-order valence-electron chi connectivity index (χ3n) is 3.11. The lowest BCUT2D eigenvalue weighted by Gasteiger charge is -2.11. The van der Waals surface area contributed by atoms with Crippen molar-refractivity contribution in [3.63, 3.8) is 0 Å². The number of benzene rings is 2. The number of hydrogen-bond donors (Lipinski definition) is 2. The van der Waals surface area contributed by atoms with Crippen molar-refractivity contribution in [2.24, 2.45) is 0 Å². The maximum atomic E-state index is 13.7. The molecule has 1 aromatic heterocycles. The van der Waals surface area contributed by atoms with E-state index in [2.05, 4.69) is 20.6 Å². The summed E-state index contributed by atoms with van der Waals surface area (Å²) in [5.41, 5.74) is 1.25. The zero-order valence-electron chi connectivity index (χ0n) is 12.3. The fourth-order valence-corrected chi connectivity index (χ4v) is 2.07. The minimum atomic E-state index is -0.402. The smallest absolute Gasteiger partial charge is 0.229 e. The molecule has 3 aromatic rings. The summed E-state index contributed by atoms with van der Waals surface area (Å²) in [4.78, 5) is 8.45. The number of halogens is 2. The zero-order chi connectivity index (χ0) is 16.2. The van der Waals surface area contributed by atoms with E-state index in [1.807, 2.05) is 0 Å². The minimum absolute atomic E-state index is 0.230. The van der Waals surface area contributed by atoms with Crippen LogP contribution in [0.4, 0.5) is 31.9 Å². The molecular formula is C17H14F2N4. The molecule has 0 aliphatic carbocycles. The Hall–Kier alpha value is -3.02. The SMILES string of the molecule is Cc1cc(Nc2ccccc2F)nc(Nc2ccccc2F)n1. The molecule has 0 unspecified atom stereocenters. The van der Waals surface area contributed by atoms with E-state index in [9.17, 15) is 8.78 Å². The molecule has 0 aliphatic rings. The van der Waals surface area contributed by atoms with Crippen LogP contribution in [-0.2, 0) is 0 Å². The highest BCUT2D eigenvalue weighted by Gasteiger charge is 2.07. The van der Waals surface area contributed by atoms with Crippen molar-refractivity contribution >= 4 is 23.1 Å². The van der Waals surface area contributed by atoms with Gasteiger partial charge in [-0.25, -0.2) is 13.8 Å². The fraction of sp³-hybridized carbons (Fsp3) is 0.0588. The molecule has 0 saturated carbocycles. The van der Waals surface area contributed by atoms with E-state index in [4.69, 9.17) is 0 Å². The lowest BCUT2D eigenvalue weighted by Crippen LogP contribution is -2.04. The van der Waals surface area contributed by atoms with Crippen LogP contribution >= 0.6 is 0 Å². The first kappa shape index (κ1) is 14.9. The van der Waals surface area contributed by atoms with Gasteiger partial charge in [-0.05, 0) is 31.2 Å². The number of aryl methyl sites for hydroxylation is 1. The van der Waals surface area contributed by atoms with Crippen LogP contribution in [0.2, 0.25) is 0 Å². The third kappa shape index (κ3) is 3.60. The summed E-state index contributed by atoms with van der Waals surface area (Å²) in [7, 11) is 0. The van der Waals surface area contributed by atoms with E-state index < -0.39 is 5.82 Å². The van der Waals surface area contributed by atoms with Gasteiger partial charge in [-0.2, -0.15) is 4.98 Å². The Balaban J connectivity index is 1.88. The molecule has 0 atom stereocenters. The number of aromatic nitrogens is 2. The Morgan fingerprint density at radius 1 is 0.783 bits per heavy atom. The molecule has 2 aromatic carbocycles. The Morgan fingerprint density at radius 3 is 1.96 bits per heavy atom. The second kappa shape index (κ2) is 6.39. The number of nitrogens with one attached hydrogen (secondary N) is 2. The molecule has 2 N–H and O–H groups in total. The van der Waals surface area contributed by atoms with Crippen LogP contribution in [0.1, 0.15) is 5.69 Å². The van der Waals surface area contributed by atoms with Crippen LogP contribution in [0.15, 0.2) is 54.6 Å². The summed E-state index contributed by atoms with van der Waals surface area (Å²) in [6.45, 7) is 1.78. The summed E-state index contributed by atoms with van der Waals surface area (Å²) >= 11 is 0. The second-order valence-electron chi connectivity index (χ2n) is 4.93. The molecule has 6 heteroatoms. The quantitative estimate of drug-likeness (QED) is 0.742. The van der Waals surface area contributed by atoms with Crippen molar-refractivity contribution in [1.82, 2.24) is 9.97 Å². The summed E-state index contributed by atoms with van der Waals surface area (Å²) in [5.74, 6) is -0.135. The molecule has 0 fully saturated rings. The van der Waals surface area contributed by atoms with Crippen LogP contribution in [0.3, 0.4) is 0 Å². The van der Waals surface area contributed by atoms with Crippen LogP contribution in [-0.4, -0.2) is 9.97 Å². The molecule has 0 aliphatic heterocycles. The molecule has 0 saturated heterocycles. The first-order chi connectivity index (χ1) is 11.1. The Bertz CT molecular complexity index is 771. The van der Waals surface area contributed by atoms with E-state index in [0.29, 0.717) is 17.2 Å². The number of anilines is 4. The average molecular weight is 312 g/mol. The van der Waals surface area contributed by atoms with Crippen LogP contribution < -0.4 is 10.6 Å². The van der Waals surface area contributed by atoms with Crippen molar-refractivity contribution in [2.75, 3.05) is 10.6 Å². The van der Waals surface area contributed by atoms with Gasteiger partial charge in [0.25, 0.3) is 0 Å². The first-order valence-corrected chi connectivity index (χ1v) is 7.00. The van der Waals surface area contributed by atoms with Crippen molar-refractivity contribution in [2.45, 2.75) is 6.92 Å². The van der Waals surface area contributed by atoms with Crippen LogP contribution in [0, 0.1) is 18.6 Å². The van der Waals surface area contributed by atoms with Gasteiger partial charge in [-0.3, -0.25) is 0 Å². The maximum absolute atomic E-state index is 13.7. The number of hydrogen-bond acceptors (Lipinski definition) is 4. The molecule has 0 spiro atoms. The Kier molecular flexibility index (Phi) is 4.14. The second-order valence-corrected chi connectivity index (χ2v) is 4.93. The van der Waals surface area contributed by atoms with Crippen LogP contribution in [0.5, 0.6) is 0 Å². The van der Waals surface area contributed by atoms with Gasteiger partial charge in [0, 0.05) is 11.8 Å². The molecule has 0 bridgehead atoms. The Labute approximate surface area is 132 Å². The van der Waals surface area contributed by atoms with E-state index in [-0.39, 0.29) is 17.5 Å². The molecule has 3 rings (SSSR count). The molecule has 116 valence electrons. The number of nitrogens with zero attached hydrogens (tertiary/aromatic N) is 2. The highest BCUT2D eigenvalue weighted by Crippen LogP contribution is 2.22. The molecular weight excluding hydrogens is 298 g/mol. The van der Waals surface area contributed by atoms with Crippen molar-refractivity contribution in [1.29, 1.82) is 0 Å². The molecule has 0 amide bonds. The van der Waals surface area contributed by atoms with Gasteiger partial charge in [0.1, 0.15) is 17.5 Å². The number of para-hydroxylation sites is 2. The van der Waals surface area contributed by atoms with E-state index in [1.165, 1.54) is 12.1 Å². The van der Waals surface area contributed by atoms with Gasteiger partial charge >= 0.3 is 0 Å². The predicted octanol–water partition coefficient (Wildman–Crippen LogP) is 4.55. The summed E-state index contributed by atoms with van der Waals surface area (Å²) in [6.07, 6.45) is 0. The van der Waals surface area contributed by atoms with Crippen molar-refractivity contribution in [3.05, 3.63) is 71.9 Å². The summed E-state index contributed by atoms with van der Waals surface area (Å²) in [5, 5.41) is 5.72. The van der Waals surface area contributed by atoms with Crippen LogP contribution in [0.25, 0.3) is 0 Å². The maximum Gasteiger partial charge on any atom is 0.229 e. The standard InChI is InChI=1S/C17H14F2N4/c1-11-10-16(21-14-8-4-2-6-12(14)18)23-17(20-11)22-15-9-5-3-7-13(15)19/h2-10H,1H3,(H2,20,21,22,23). The zero-order valence-corrected chi connectivity index (χ0v) is 12.3. The van der Waals surface area contributed by atoms with Gasteiger partial charge in [0.15, 0.2) is 0 Å². The fourth-order valence-electron chi connectivity index (χ4n) is 2.07. The van der Waals surface area contributed by atoms with Crippen molar-refractivity contribution in [3.8, 4) is 0 Å². The van der Waals surface area contributed by atoms with Gasteiger partial charge in [0.05, 0.1) is 11.4 Å². The average Bonchev–Trinajstić information content (AvgIpc) is 2.51. The lowest BCUT2D eigenvalue weighted by atomic mass is 10.3. The molecule has 0 radical (unpaired) electrons. The van der Waals surface area contributed by atoms with E-state index in [0.717, 1.165) is 0 Å². The van der Waals surface area contributed by atoms with Gasteiger partial charge in [-0.1, -0.05) is 24.3 Å². The van der Waals surface area contributed by atoms with Crippen molar-refractivity contribution < 1.29 is 8.78 Å². The summed E-state index contributed by atoms with van der Waals surface area (Å²) < 4.78 is 27.4. The molecule has 23 heavy (non-hydrogen) atoms. The van der Waals surface area contributed by atoms with Gasteiger partial charge < -0.3 is 10.6 Å². The Morgan fingerprint density at radius 2 is 1.35 bits per heavy atom. The normalized spacial score (nSPS) is 10.4. The van der Waals surface area contributed by atoms with Gasteiger partial charge in [-0.15, -0.1) is 0 Å². The molecule has 1 heterocycles. The monoisotopic (exact) mass is 312 g/mol. The summed E-state index contributed by atoms with van der Waals surface area (Å²) in [6, 6.07) is 14.2. The van der Waals surface area contributed by atoms with E-state index in [1.54, 1.807) is 49.4 Å². The topological polar surface area (TPSA) is 49.8 Å². The minimum Gasteiger partial charge on any atom is -0.338 e. The largest absolute Gasteiger partial charge is 0.338 e. The lowest BCUT2D eigenvalue weighted by molar-refractivity contribution is 0.631. The molecule has 4 nitrogen and oxygen atoms in total. The predicted molar refractivity (Wildman–Crippen MR) is 86.1 cm³/mol. The highest BCUT2D eigenvalue weighted by atomic mass is 19.1.